The van der Waals surface area contributed by atoms with E-state index in [2.05, 4.69) is 0 Å². The van der Waals surface area contributed by atoms with Crippen LogP contribution in [0.3, 0.4) is 0 Å². The number of sulfonamides is 1. The smallest absolute Gasteiger partial charge is 0.306 e. The molecule has 0 spiro atoms. The number of hydrogen-bond donors (Lipinski definition) is 1. The molecule has 0 saturated carbocycles. The molecule has 1 aliphatic heterocycles. The standard InChI is InChI=1S/C19H29NO5S/c1-5-10-25-17-11-14(4)16(13(2)3)12-18(17)26(23,24)20-8-6-15(7-9-20)19(21)22/h11-13,15H,5-10H2,1-4H3,(H,21,22). The fourth-order valence-corrected chi connectivity index (χ4v) is 4.93. The van der Waals surface area contributed by atoms with E-state index in [0.29, 0.717) is 25.2 Å². The molecule has 0 bridgehead atoms. The minimum Gasteiger partial charge on any atom is -0.492 e. The van der Waals surface area contributed by atoms with Crippen LogP contribution in [0.2, 0.25) is 0 Å². The lowest BCUT2D eigenvalue weighted by molar-refractivity contribution is -0.142. The maximum absolute atomic E-state index is 13.2. The van der Waals surface area contributed by atoms with E-state index in [4.69, 9.17) is 9.84 Å². The molecule has 0 aliphatic carbocycles. The van der Waals surface area contributed by atoms with Crippen molar-refractivity contribution in [2.24, 2.45) is 5.92 Å². The summed E-state index contributed by atoms with van der Waals surface area (Å²) >= 11 is 0. The molecular weight excluding hydrogens is 354 g/mol. The summed E-state index contributed by atoms with van der Waals surface area (Å²) in [6.07, 6.45) is 1.46. The average molecular weight is 384 g/mol. The zero-order chi connectivity index (χ0) is 19.5. The van der Waals surface area contributed by atoms with Gasteiger partial charge in [0.2, 0.25) is 10.0 Å². The molecule has 2 rings (SSSR count). The van der Waals surface area contributed by atoms with E-state index in [9.17, 15) is 13.2 Å². The van der Waals surface area contributed by atoms with Crippen molar-refractivity contribution in [2.45, 2.75) is 57.8 Å². The van der Waals surface area contributed by atoms with E-state index in [1.54, 1.807) is 6.07 Å². The quantitative estimate of drug-likeness (QED) is 0.780. The Hall–Kier alpha value is -1.60. The van der Waals surface area contributed by atoms with Gasteiger partial charge in [-0.3, -0.25) is 4.79 Å². The van der Waals surface area contributed by atoms with Gasteiger partial charge in [0, 0.05) is 13.1 Å². The first-order valence-corrected chi connectivity index (χ1v) is 10.6. The number of carbonyl (C=O) groups is 1. The third-order valence-corrected chi connectivity index (χ3v) is 6.76. The molecule has 0 aromatic heterocycles. The number of rotatable bonds is 7. The molecule has 1 aromatic carbocycles. The van der Waals surface area contributed by atoms with Gasteiger partial charge in [-0.2, -0.15) is 4.31 Å². The maximum atomic E-state index is 13.2. The van der Waals surface area contributed by atoms with Gasteiger partial charge in [0.05, 0.1) is 12.5 Å². The lowest BCUT2D eigenvalue weighted by Crippen LogP contribution is -2.40. The van der Waals surface area contributed by atoms with E-state index in [0.717, 1.165) is 17.5 Å². The van der Waals surface area contributed by atoms with Crippen molar-refractivity contribution in [1.29, 1.82) is 0 Å². The molecular formula is C19H29NO5S. The highest BCUT2D eigenvalue weighted by Crippen LogP contribution is 2.34. The van der Waals surface area contributed by atoms with Crippen LogP contribution >= 0.6 is 0 Å². The molecule has 146 valence electrons. The van der Waals surface area contributed by atoms with E-state index >= 15 is 0 Å². The van der Waals surface area contributed by atoms with Gasteiger partial charge in [-0.05, 0) is 55.4 Å². The number of carboxylic acids is 1. The fraction of sp³-hybridized carbons (Fsp3) is 0.632. The summed E-state index contributed by atoms with van der Waals surface area (Å²) in [7, 11) is -3.73. The van der Waals surface area contributed by atoms with Crippen LogP contribution in [0.25, 0.3) is 0 Å². The van der Waals surface area contributed by atoms with Gasteiger partial charge in [-0.25, -0.2) is 8.42 Å². The van der Waals surface area contributed by atoms with Gasteiger partial charge in [-0.15, -0.1) is 0 Å². The Balaban J connectivity index is 2.40. The molecule has 0 amide bonds. The summed E-state index contributed by atoms with van der Waals surface area (Å²) in [5.74, 6) is -0.746. The monoisotopic (exact) mass is 383 g/mol. The maximum Gasteiger partial charge on any atom is 0.306 e. The first-order valence-electron chi connectivity index (χ1n) is 9.18. The fourth-order valence-electron chi connectivity index (χ4n) is 3.31. The minimum atomic E-state index is -3.73. The van der Waals surface area contributed by atoms with Crippen LogP contribution in [-0.2, 0) is 14.8 Å². The Bertz CT molecular complexity index is 749. The normalized spacial score (nSPS) is 16.8. The summed E-state index contributed by atoms with van der Waals surface area (Å²) < 4.78 is 33.6. The lowest BCUT2D eigenvalue weighted by Gasteiger charge is -2.30. The molecule has 6 nitrogen and oxygen atoms in total. The van der Waals surface area contributed by atoms with Crippen LogP contribution < -0.4 is 4.74 Å². The zero-order valence-electron chi connectivity index (χ0n) is 16.0. The predicted octanol–water partition coefficient (Wildman–Crippen LogP) is 3.39. The average Bonchev–Trinajstić information content (AvgIpc) is 2.59. The van der Waals surface area contributed by atoms with Gasteiger partial charge in [-0.1, -0.05) is 20.8 Å². The third-order valence-electron chi connectivity index (χ3n) is 4.84. The molecule has 1 aliphatic rings. The van der Waals surface area contributed by atoms with Crippen LogP contribution in [0.4, 0.5) is 0 Å². The van der Waals surface area contributed by atoms with Gasteiger partial charge in [0.1, 0.15) is 10.6 Å². The second-order valence-electron chi connectivity index (χ2n) is 7.18. The zero-order valence-corrected chi connectivity index (χ0v) is 16.8. The molecule has 1 N–H and O–H groups in total. The molecule has 1 heterocycles. The number of hydrogen-bond acceptors (Lipinski definition) is 4. The largest absolute Gasteiger partial charge is 0.492 e. The Morgan fingerprint density at radius 2 is 1.92 bits per heavy atom. The number of ether oxygens (including phenoxy) is 1. The first kappa shape index (κ1) is 20.7. The third kappa shape index (κ3) is 4.38. The highest BCUT2D eigenvalue weighted by molar-refractivity contribution is 7.89. The van der Waals surface area contributed by atoms with Crippen molar-refractivity contribution in [1.82, 2.24) is 4.31 Å². The number of nitrogens with zero attached hydrogens (tertiary/aromatic N) is 1. The minimum absolute atomic E-state index is 0.189. The molecule has 0 radical (unpaired) electrons. The summed E-state index contributed by atoms with van der Waals surface area (Å²) in [6.45, 7) is 8.88. The topological polar surface area (TPSA) is 83.9 Å². The Morgan fingerprint density at radius 3 is 2.42 bits per heavy atom. The van der Waals surface area contributed by atoms with E-state index < -0.39 is 21.9 Å². The molecule has 0 atom stereocenters. The second-order valence-corrected chi connectivity index (χ2v) is 9.08. The van der Waals surface area contributed by atoms with Crippen molar-refractivity contribution in [3.8, 4) is 5.75 Å². The molecule has 1 aromatic rings. The van der Waals surface area contributed by atoms with Crippen LogP contribution in [0.15, 0.2) is 17.0 Å². The summed E-state index contributed by atoms with van der Waals surface area (Å²) in [5, 5.41) is 9.13. The molecule has 1 saturated heterocycles. The summed E-state index contributed by atoms with van der Waals surface area (Å²) in [6, 6.07) is 3.53. The number of aliphatic carboxylic acids is 1. The van der Waals surface area contributed by atoms with Crippen LogP contribution in [0, 0.1) is 12.8 Å². The van der Waals surface area contributed by atoms with Crippen molar-refractivity contribution in [3.63, 3.8) is 0 Å². The lowest BCUT2D eigenvalue weighted by atomic mass is 9.98. The SMILES string of the molecule is CCCOc1cc(C)c(C(C)C)cc1S(=O)(=O)N1CCC(C(=O)O)CC1. The summed E-state index contributed by atoms with van der Waals surface area (Å²) in [4.78, 5) is 11.3. The van der Waals surface area contributed by atoms with Crippen LogP contribution in [0.1, 0.15) is 57.1 Å². The number of benzene rings is 1. The number of aryl methyl sites for hydroxylation is 1. The molecule has 7 heteroatoms. The van der Waals surface area contributed by atoms with E-state index in [-0.39, 0.29) is 23.9 Å². The van der Waals surface area contributed by atoms with Crippen molar-refractivity contribution < 1.29 is 23.1 Å². The highest BCUT2D eigenvalue weighted by atomic mass is 32.2. The molecule has 26 heavy (non-hydrogen) atoms. The Labute approximate surface area is 156 Å². The van der Waals surface area contributed by atoms with Crippen LogP contribution in [-0.4, -0.2) is 43.5 Å². The second kappa shape index (κ2) is 8.39. The Morgan fingerprint density at radius 1 is 1.31 bits per heavy atom. The van der Waals surface area contributed by atoms with Gasteiger partial charge < -0.3 is 9.84 Å². The van der Waals surface area contributed by atoms with Crippen molar-refractivity contribution >= 4 is 16.0 Å². The molecule has 1 fully saturated rings. The van der Waals surface area contributed by atoms with E-state index in [1.165, 1.54) is 4.31 Å². The summed E-state index contributed by atoms with van der Waals surface area (Å²) in [5.41, 5.74) is 1.99. The van der Waals surface area contributed by atoms with Gasteiger partial charge in [0.25, 0.3) is 0 Å². The Kier molecular flexibility index (Phi) is 6.69. The highest BCUT2D eigenvalue weighted by Gasteiger charge is 2.34. The number of carboxylic acid groups (broad SMARTS) is 1. The predicted molar refractivity (Wildman–Crippen MR) is 100 cm³/mol. The van der Waals surface area contributed by atoms with Gasteiger partial charge >= 0.3 is 5.97 Å². The van der Waals surface area contributed by atoms with Crippen molar-refractivity contribution in [3.05, 3.63) is 23.3 Å². The first-order chi connectivity index (χ1) is 12.2. The van der Waals surface area contributed by atoms with E-state index in [1.807, 2.05) is 33.8 Å². The number of piperidine rings is 1. The molecule has 0 unspecified atom stereocenters. The van der Waals surface area contributed by atoms with Crippen molar-refractivity contribution in [2.75, 3.05) is 19.7 Å². The van der Waals surface area contributed by atoms with Crippen LogP contribution in [0.5, 0.6) is 5.75 Å². The van der Waals surface area contributed by atoms with Gasteiger partial charge in [0.15, 0.2) is 0 Å².